The highest BCUT2D eigenvalue weighted by Crippen LogP contribution is 2.26. The molecule has 1 aromatic heterocycles. The maximum absolute atomic E-state index is 5.44. The Morgan fingerprint density at radius 3 is 2.95 bits per heavy atom. The lowest BCUT2D eigenvalue weighted by Crippen LogP contribution is -2.39. The first-order valence-electron chi connectivity index (χ1n) is 7.48. The van der Waals surface area contributed by atoms with E-state index in [2.05, 4.69) is 20.9 Å². The van der Waals surface area contributed by atoms with Crippen LogP contribution in [0.15, 0.2) is 18.6 Å². The highest BCUT2D eigenvalue weighted by molar-refractivity contribution is 5.07. The minimum Gasteiger partial charge on any atom is -0.381 e. The summed E-state index contributed by atoms with van der Waals surface area (Å²) >= 11 is 0. The normalized spacial score (nSPS) is 26.4. The highest BCUT2D eigenvalue weighted by atomic mass is 16.5. The number of hydrogen-bond acceptors (Lipinski definition) is 4. The molecule has 0 N–H and O–H groups in total. The van der Waals surface area contributed by atoms with Crippen molar-refractivity contribution in [1.82, 2.24) is 14.9 Å². The Morgan fingerprint density at radius 2 is 2.16 bits per heavy atom. The fourth-order valence-electron chi connectivity index (χ4n) is 3.30. The van der Waals surface area contributed by atoms with Gasteiger partial charge in [-0.05, 0) is 44.2 Å². The van der Waals surface area contributed by atoms with Crippen molar-refractivity contribution in [2.45, 2.75) is 31.6 Å². The molecule has 2 saturated heterocycles. The molecule has 0 unspecified atom stereocenters. The van der Waals surface area contributed by atoms with Crippen LogP contribution >= 0.6 is 0 Å². The van der Waals surface area contributed by atoms with Crippen LogP contribution in [-0.4, -0.2) is 47.7 Å². The topological polar surface area (TPSA) is 38.2 Å². The number of hydrogen-bond donors (Lipinski definition) is 0. The maximum Gasteiger partial charge on any atom is 0.115 e. The van der Waals surface area contributed by atoms with Gasteiger partial charge in [-0.3, -0.25) is 0 Å². The van der Waals surface area contributed by atoms with Gasteiger partial charge in [-0.2, -0.15) is 0 Å². The van der Waals surface area contributed by atoms with Crippen LogP contribution in [0.1, 0.15) is 37.3 Å². The molecule has 0 amide bonds. The van der Waals surface area contributed by atoms with Crippen LogP contribution in [0.25, 0.3) is 0 Å². The molecule has 1 atom stereocenters. The third-order valence-corrected chi connectivity index (χ3v) is 4.39. The van der Waals surface area contributed by atoms with Crippen LogP contribution < -0.4 is 0 Å². The van der Waals surface area contributed by atoms with Gasteiger partial charge in [0.2, 0.25) is 0 Å². The monoisotopic (exact) mass is 261 g/mol. The molecule has 104 valence electrons. The van der Waals surface area contributed by atoms with Crippen LogP contribution in [0.3, 0.4) is 0 Å². The van der Waals surface area contributed by atoms with Crippen molar-refractivity contribution in [3.05, 3.63) is 24.3 Å². The smallest absolute Gasteiger partial charge is 0.115 e. The molecule has 0 aliphatic carbocycles. The predicted octanol–water partition coefficient (Wildman–Crippen LogP) is 2.08. The Labute approximate surface area is 115 Å². The van der Waals surface area contributed by atoms with Crippen molar-refractivity contribution >= 4 is 0 Å². The SMILES string of the molecule is c1cc([C@H]2CCCN(CC3CCOCC3)C2)ncn1. The van der Waals surface area contributed by atoms with E-state index >= 15 is 0 Å². The first-order valence-corrected chi connectivity index (χ1v) is 7.48. The molecular formula is C15H23N3O. The average molecular weight is 261 g/mol. The summed E-state index contributed by atoms with van der Waals surface area (Å²) in [5.74, 6) is 1.43. The first kappa shape index (κ1) is 13.0. The van der Waals surface area contributed by atoms with E-state index in [4.69, 9.17) is 4.74 Å². The third kappa shape index (κ3) is 3.51. The van der Waals surface area contributed by atoms with E-state index in [0.29, 0.717) is 5.92 Å². The summed E-state index contributed by atoms with van der Waals surface area (Å²) in [4.78, 5) is 11.1. The lowest BCUT2D eigenvalue weighted by Gasteiger charge is -2.35. The Bertz CT molecular complexity index is 378. The van der Waals surface area contributed by atoms with E-state index < -0.39 is 0 Å². The molecule has 2 fully saturated rings. The average Bonchev–Trinajstić information content (AvgIpc) is 2.49. The van der Waals surface area contributed by atoms with Gasteiger partial charge in [0.25, 0.3) is 0 Å². The third-order valence-electron chi connectivity index (χ3n) is 4.39. The Hall–Kier alpha value is -1.00. The van der Waals surface area contributed by atoms with E-state index in [9.17, 15) is 0 Å². The first-order chi connectivity index (χ1) is 9.42. The highest BCUT2D eigenvalue weighted by Gasteiger charge is 2.25. The van der Waals surface area contributed by atoms with Gasteiger partial charge in [0.1, 0.15) is 6.33 Å². The summed E-state index contributed by atoms with van der Waals surface area (Å²) in [6, 6.07) is 2.07. The van der Waals surface area contributed by atoms with Crippen molar-refractivity contribution in [2.24, 2.45) is 5.92 Å². The second-order valence-corrected chi connectivity index (χ2v) is 5.79. The minimum absolute atomic E-state index is 0.594. The molecule has 3 rings (SSSR count). The Balaban J connectivity index is 1.55. The zero-order valence-corrected chi connectivity index (χ0v) is 11.5. The number of rotatable bonds is 3. The molecular weight excluding hydrogens is 238 g/mol. The molecule has 0 saturated carbocycles. The number of nitrogens with zero attached hydrogens (tertiary/aromatic N) is 3. The molecule has 2 aliphatic rings. The van der Waals surface area contributed by atoms with Gasteiger partial charge in [0.05, 0.1) is 0 Å². The van der Waals surface area contributed by atoms with E-state index in [-0.39, 0.29) is 0 Å². The molecule has 4 heteroatoms. The summed E-state index contributed by atoms with van der Waals surface area (Å²) in [6.07, 6.45) is 8.55. The van der Waals surface area contributed by atoms with Crippen molar-refractivity contribution in [2.75, 3.05) is 32.8 Å². The lowest BCUT2D eigenvalue weighted by molar-refractivity contribution is 0.0482. The number of piperidine rings is 1. The van der Waals surface area contributed by atoms with Gasteiger partial charge in [-0.25, -0.2) is 9.97 Å². The van der Waals surface area contributed by atoms with Crippen molar-refractivity contribution < 1.29 is 4.74 Å². The van der Waals surface area contributed by atoms with E-state index in [1.54, 1.807) is 6.33 Å². The standard InChI is InChI=1S/C15H23N3O/c1-2-14(15-3-6-16-12-17-15)11-18(7-1)10-13-4-8-19-9-5-13/h3,6,12-14H,1-2,4-5,7-11H2/t14-/m0/s1. The summed E-state index contributed by atoms with van der Waals surface area (Å²) in [5.41, 5.74) is 1.21. The summed E-state index contributed by atoms with van der Waals surface area (Å²) < 4.78 is 5.44. The second-order valence-electron chi connectivity index (χ2n) is 5.79. The van der Waals surface area contributed by atoms with Gasteiger partial charge < -0.3 is 9.64 Å². The lowest BCUT2D eigenvalue weighted by atomic mass is 9.92. The minimum atomic E-state index is 0.594. The van der Waals surface area contributed by atoms with Gasteiger partial charge in [0, 0.05) is 44.1 Å². The van der Waals surface area contributed by atoms with Crippen LogP contribution in [0, 0.1) is 5.92 Å². The van der Waals surface area contributed by atoms with Crippen LogP contribution in [-0.2, 0) is 4.74 Å². The maximum atomic E-state index is 5.44. The molecule has 3 heterocycles. The molecule has 0 spiro atoms. The second kappa shape index (κ2) is 6.44. The Kier molecular flexibility index (Phi) is 4.41. The fourth-order valence-corrected chi connectivity index (χ4v) is 3.30. The zero-order valence-electron chi connectivity index (χ0n) is 11.5. The molecule has 2 aliphatic heterocycles. The number of ether oxygens (including phenoxy) is 1. The molecule has 19 heavy (non-hydrogen) atoms. The van der Waals surface area contributed by atoms with Crippen LogP contribution in [0.2, 0.25) is 0 Å². The van der Waals surface area contributed by atoms with E-state index in [1.165, 1.54) is 44.5 Å². The van der Waals surface area contributed by atoms with Crippen LogP contribution in [0.5, 0.6) is 0 Å². The molecule has 0 bridgehead atoms. The number of aromatic nitrogens is 2. The molecule has 0 radical (unpaired) electrons. The largest absolute Gasteiger partial charge is 0.381 e. The molecule has 4 nitrogen and oxygen atoms in total. The molecule has 1 aromatic rings. The Morgan fingerprint density at radius 1 is 1.26 bits per heavy atom. The van der Waals surface area contributed by atoms with Crippen molar-refractivity contribution in [3.8, 4) is 0 Å². The predicted molar refractivity (Wildman–Crippen MR) is 74.0 cm³/mol. The summed E-state index contributed by atoms with van der Waals surface area (Å²) in [6.45, 7) is 5.56. The summed E-state index contributed by atoms with van der Waals surface area (Å²) in [7, 11) is 0. The fraction of sp³-hybridized carbons (Fsp3) is 0.733. The molecule has 0 aromatic carbocycles. The van der Waals surface area contributed by atoms with Gasteiger partial charge in [-0.15, -0.1) is 0 Å². The van der Waals surface area contributed by atoms with E-state index in [0.717, 1.165) is 25.7 Å². The summed E-state index contributed by atoms with van der Waals surface area (Å²) in [5, 5.41) is 0. The number of likely N-dealkylation sites (tertiary alicyclic amines) is 1. The van der Waals surface area contributed by atoms with Gasteiger partial charge >= 0.3 is 0 Å². The van der Waals surface area contributed by atoms with Crippen molar-refractivity contribution in [3.63, 3.8) is 0 Å². The van der Waals surface area contributed by atoms with Gasteiger partial charge in [0.15, 0.2) is 0 Å². The van der Waals surface area contributed by atoms with Crippen LogP contribution in [0.4, 0.5) is 0 Å². The zero-order chi connectivity index (χ0) is 12.9. The van der Waals surface area contributed by atoms with E-state index in [1.807, 2.05) is 6.20 Å². The quantitative estimate of drug-likeness (QED) is 0.835. The van der Waals surface area contributed by atoms with Crippen molar-refractivity contribution in [1.29, 1.82) is 0 Å². The van der Waals surface area contributed by atoms with Gasteiger partial charge in [-0.1, -0.05) is 0 Å².